The van der Waals surface area contributed by atoms with E-state index in [4.69, 9.17) is 5.11 Å². The van der Waals surface area contributed by atoms with Gasteiger partial charge in [0.15, 0.2) is 0 Å². The second kappa shape index (κ2) is 5.49. The van der Waals surface area contributed by atoms with E-state index >= 15 is 0 Å². The molecule has 0 aliphatic rings. The van der Waals surface area contributed by atoms with Crippen LogP contribution < -0.4 is 0 Å². The summed E-state index contributed by atoms with van der Waals surface area (Å²) in [7, 11) is 0. The van der Waals surface area contributed by atoms with Crippen LogP contribution in [0.25, 0.3) is 0 Å². The summed E-state index contributed by atoms with van der Waals surface area (Å²) in [5.41, 5.74) is 2.27. The molecule has 0 spiro atoms. The number of rotatable bonds is 5. The number of benzene rings is 1. The minimum Gasteiger partial charge on any atom is -0.477 e. The third kappa shape index (κ3) is 2.97. The first kappa shape index (κ1) is 12.4. The minimum atomic E-state index is -0.921. The standard InChI is InChI=1S/C14H16N2O2/c1-11-10-13(14(17)18)16(15-11)9-5-8-12-6-3-2-4-7-12/h2-4,6-7,10H,5,8-9H2,1H3,(H,17,18). The van der Waals surface area contributed by atoms with Crippen molar-refractivity contribution >= 4 is 5.97 Å². The van der Waals surface area contributed by atoms with Crippen LogP contribution in [0.15, 0.2) is 36.4 Å². The molecule has 2 rings (SSSR count). The largest absolute Gasteiger partial charge is 0.477 e. The number of carboxylic acid groups (broad SMARTS) is 1. The van der Waals surface area contributed by atoms with Gasteiger partial charge in [-0.2, -0.15) is 5.10 Å². The van der Waals surface area contributed by atoms with Crippen LogP contribution in [-0.2, 0) is 13.0 Å². The average molecular weight is 244 g/mol. The molecule has 4 nitrogen and oxygen atoms in total. The molecule has 0 radical (unpaired) electrons. The van der Waals surface area contributed by atoms with Crippen molar-refractivity contribution in [1.82, 2.24) is 9.78 Å². The number of nitrogens with zero attached hydrogens (tertiary/aromatic N) is 2. The lowest BCUT2D eigenvalue weighted by Crippen LogP contribution is -2.10. The molecule has 0 aliphatic carbocycles. The summed E-state index contributed by atoms with van der Waals surface area (Å²) in [6.07, 6.45) is 1.81. The predicted octanol–water partition coefficient (Wildman–Crippen LogP) is 2.52. The van der Waals surface area contributed by atoms with E-state index in [1.807, 2.05) is 18.2 Å². The van der Waals surface area contributed by atoms with Gasteiger partial charge < -0.3 is 5.11 Å². The maximum atomic E-state index is 11.0. The normalized spacial score (nSPS) is 10.5. The first-order chi connectivity index (χ1) is 8.66. The molecule has 1 N–H and O–H groups in total. The number of carbonyl (C=O) groups is 1. The van der Waals surface area contributed by atoms with Crippen LogP contribution in [0.2, 0.25) is 0 Å². The summed E-state index contributed by atoms with van der Waals surface area (Å²) in [6.45, 7) is 2.44. The Hall–Kier alpha value is -2.10. The molecule has 1 aromatic carbocycles. The third-order valence-electron chi connectivity index (χ3n) is 2.80. The van der Waals surface area contributed by atoms with Crippen LogP contribution in [-0.4, -0.2) is 20.9 Å². The topological polar surface area (TPSA) is 55.1 Å². The van der Waals surface area contributed by atoms with E-state index in [0.717, 1.165) is 18.5 Å². The number of hydrogen-bond donors (Lipinski definition) is 1. The monoisotopic (exact) mass is 244 g/mol. The van der Waals surface area contributed by atoms with Crippen molar-refractivity contribution in [2.24, 2.45) is 0 Å². The van der Waals surface area contributed by atoms with E-state index < -0.39 is 5.97 Å². The molecule has 0 aliphatic heterocycles. The van der Waals surface area contributed by atoms with Gasteiger partial charge >= 0.3 is 5.97 Å². The van der Waals surface area contributed by atoms with Crippen LogP contribution in [0.1, 0.15) is 28.2 Å². The Morgan fingerprint density at radius 1 is 1.33 bits per heavy atom. The Morgan fingerprint density at radius 3 is 2.72 bits per heavy atom. The molecule has 0 saturated carbocycles. The Balaban J connectivity index is 1.96. The first-order valence-corrected chi connectivity index (χ1v) is 5.98. The minimum absolute atomic E-state index is 0.264. The number of carboxylic acids is 1. The zero-order valence-electron chi connectivity index (χ0n) is 10.3. The Kier molecular flexibility index (Phi) is 3.77. The lowest BCUT2D eigenvalue weighted by atomic mass is 10.1. The van der Waals surface area contributed by atoms with E-state index in [2.05, 4.69) is 17.2 Å². The lowest BCUT2D eigenvalue weighted by Gasteiger charge is -2.04. The van der Waals surface area contributed by atoms with Crippen LogP contribution in [0.5, 0.6) is 0 Å². The highest BCUT2D eigenvalue weighted by atomic mass is 16.4. The van der Waals surface area contributed by atoms with E-state index in [1.54, 1.807) is 17.7 Å². The quantitative estimate of drug-likeness (QED) is 0.879. The molecule has 0 saturated heterocycles. The van der Waals surface area contributed by atoms with Gasteiger partial charge in [0.25, 0.3) is 0 Å². The average Bonchev–Trinajstić information content (AvgIpc) is 2.72. The van der Waals surface area contributed by atoms with Crippen LogP contribution in [0.3, 0.4) is 0 Å². The van der Waals surface area contributed by atoms with Crippen molar-refractivity contribution in [1.29, 1.82) is 0 Å². The first-order valence-electron chi connectivity index (χ1n) is 5.98. The molecular formula is C14H16N2O2. The van der Waals surface area contributed by atoms with Crippen molar-refractivity contribution in [2.45, 2.75) is 26.3 Å². The SMILES string of the molecule is Cc1cc(C(=O)O)n(CCCc2ccccc2)n1. The molecule has 94 valence electrons. The highest BCUT2D eigenvalue weighted by Gasteiger charge is 2.11. The highest BCUT2D eigenvalue weighted by molar-refractivity contribution is 5.85. The molecule has 1 heterocycles. The molecule has 0 fully saturated rings. The van der Waals surface area contributed by atoms with Crippen LogP contribution >= 0.6 is 0 Å². The zero-order chi connectivity index (χ0) is 13.0. The number of aryl methyl sites for hydroxylation is 3. The molecular weight excluding hydrogens is 228 g/mol. The van der Waals surface area contributed by atoms with Gasteiger partial charge in [-0.25, -0.2) is 4.79 Å². The van der Waals surface area contributed by atoms with Gasteiger partial charge in [-0.05, 0) is 31.4 Å². The Morgan fingerprint density at radius 2 is 2.06 bits per heavy atom. The van der Waals surface area contributed by atoms with Gasteiger partial charge in [-0.1, -0.05) is 30.3 Å². The van der Waals surface area contributed by atoms with E-state index in [1.165, 1.54) is 5.56 Å². The summed E-state index contributed by atoms with van der Waals surface area (Å²) in [5.74, 6) is -0.921. The third-order valence-corrected chi connectivity index (χ3v) is 2.80. The fourth-order valence-corrected chi connectivity index (χ4v) is 1.97. The highest BCUT2D eigenvalue weighted by Crippen LogP contribution is 2.07. The van der Waals surface area contributed by atoms with Crippen molar-refractivity contribution < 1.29 is 9.90 Å². The fraction of sp³-hybridized carbons (Fsp3) is 0.286. The summed E-state index contributed by atoms with van der Waals surface area (Å²) >= 11 is 0. The molecule has 0 unspecified atom stereocenters. The maximum Gasteiger partial charge on any atom is 0.354 e. The maximum absolute atomic E-state index is 11.0. The van der Waals surface area contributed by atoms with E-state index in [9.17, 15) is 4.79 Å². The smallest absolute Gasteiger partial charge is 0.354 e. The van der Waals surface area contributed by atoms with Crippen molar-refractivity contribution in [3.63, 3.8) is 0 Å². The van der Waals surface area contributed by atoms with Crippen molar-refractivity contribution in [3.8, 4) is 0 Å². The van der Waals surface area contributed by atoms with Crippen molar-refractivity contribution in [3.05, 3.63) is 53.3 Å². The molecule has 0 bridgehead atoms. The summed E-state index contributed by atoms with van der Waals surface area (Å²) < 4.78 is 1.57. The number of aromatic nitrogens is 2. The molecule has 0 amide bonds. The van der Waals surface area contributed by atoms with Crippen LogP contribution in [0.4, 0.5) is 0 Å². The van der Waals surface area contributed by atoms with Gasteiger partial charge in [0.2, 0.25) is 0 Å². The number of aromatic carboxylic acids is 1. The van der Waals surface area contributed by atoms with E-state index in [-0.39, 0.29) is 5.69 Å². The van der Waals surface area contributed by atoms with Gasteiger partial charge in [0.1, 0.15) is 5.69 Å². The van der Waals surface area contributed by atoms with Crippen molar-refractivity contribution in [2.75, 3.05) is 0 Å². The molecule has 2 aromatic rings. The molecule has 0 atom stereocenters. The molecule has 18 heavy (non-hydrogen) atoms. The Bertz CT molecular complexity index is 532. The summed E-state index contributed by atoms with van der Waals surface area (Å²) in [6, 6.07) is 11.8. The zero-order valence-corrected chi connectivity index (χ0v) is 10.3. The van der Waals surface area contributed by atoms with E-state index in [0.29, 0.717) is 6.54 Å². The van der Waals surface area contributed by atoms with Crippen LogP contribution in [0, 0.1) is 6.92 Å². The summed E-state index contributed by atoms with van der Waals surface area (Å²) in [4.78, 5) is 11.0. The fourth-order valence-electron chi connectivity index (χ4n) is 1.97. The second-order valence-corrected chi connectivity index (χ2v) is 4.29. The Labute approximate surface area is 106 Å². The number of hydrogen-bond acceptors (Lipinski definition) is 2. The summed E-state index contributed by atoms with van der Waals surface area (Å²) in [5, 5.41) is 13.2. The van der Waals surface area contributed by atoms with Gasteiger partial charge in [-0.3, -0.25) is 4.68 Å². The van der Waals surface area contributed by atoms with Gasteiger partial charge in [0.05, 0.1) is 5.69 Å². The second-order valence-electron chi connectivity index (χ2n) is 4.29. The van der Waals surface area contributed by atoms with Gasteiger partial charge in [-0.15, -0.1) is 0 Å². The predicted molar refractivity (Wildman–Crippen MR) is 68.7 cm³/mol. The van der Waals surface area contributed by atoms with Gasteiger partial charge in [0, 0.05) is 6.54 Å². The lowest BCUT2D eigenvalue weighted by molar-refractivity contribution is 0.0683. The molecule has 1 aromatic heterocycles. The molecule has 4 heteroatoms.